The molecular weight excluding hydrogens is 295 g/mol. The molecule has 0 heterocycles. The van der Waals surface area contributed by atoms with Crippen LogP contribution in [0.5, 0.6) is 0 Å². The van der Waals surface area contributed by atoms with Gasteiger partial charge in [0.25, 0.3) is 0 Å². The van der Waals surface area contributed by atoms with Crippen LogP contribution in [0, 0.1) is 0 Å². The summed E-state index contributed by atoms with van der Waals surface area (Å²) in [5.74, 6) is -0.279. The lowest BCUT2D eigenvalue weighted by molar-refractivity contribution is -0.118. The van der Waals surface area contributed by atoms with Crippen molar-refractivity contribution in [2.75, 3.05) is 0 Å². The van der Waals surface area contributed by atoms with Gasteiger partial charge in [-0.3, -0.25) is 9.59 Å². The molecule has 110 valence electrons. The molecule has 0 fully saturated rings. The smallest absolute Gasteiger partial charge is 0.171 e. The van der Waals surface area contributed by atoms with Crippen LogP contribution in [0.4, 0.5) is 0 Å². The third-order valence-electron chi connectivity index (χ3n) is 3.15. The molecule has 1 aromatic carbocycles. The zero-order valence-corrected chi connectivity index (χ0v) is 13.3. The summed E-state index contributed by atoms with van der Waals surface area (Å²) in [7, 11) is 0. The number of unbranched alkanes of at least 4 members (excludes halogenated alkanes) is 4. The number of Topliss-reactive ketones (excluding diaryl/α,β-unsaturated/α-hetero) is 2. The minimum atomic E-state index is -0.254. The van der Waals surface area contributed by atoms with E-state index in [-0.39, 0.29) is 18.0 Å². The standard InChI is InChI=1S/C16H20Cl2O2/c1-2-3-4-5-6-7-13(19)11-16(20)14-10-12(17)8-9-15(14)18/h8-10H,2-7,11H2,1H3. The largest absolute Gasteiger partial charge is 0.299 e. The lowest BCUT2D eigenvalue weighted by Gasteiger charge is -2.04. The normalized spacial score (nSPS) is 10.6. The minimum Gasteiger partial charge on any atom is -0.299 e. The van der Waals surface area contributed by atoms with Crippen molar-refractivity contribution in [1.29, 1.82) is 0 Å². The van der Waals surface area contributed by atoms with Gasteiger partial charge in [0.1, 0.15) is 5.78 Å². The molecule has 1 rings (SSSR count). The molecule has 0 saturated heterocycles. The molecule has 1 aromatic rings. The number of ketones is 2. The van der Waals surface area contributed by atoms with Crippen LogP contribution in [-0.4, -0.2) is 11.6 Å². The molecule has 0 N–H and O–H groups in total. The maximum absolute atomic E-state index is 12.0. The molecular formula is C16H20Cl2O2. The van der Waals surface area contributed by atoms with Crippen LogP contribution in [0.1, 0.15) is 62.2 Å². The zero-order chi connectivity index (χ0) is 15.0. The van der Waals surface area contributed by atoms with E-state index in [1.807, 2.05) is 0 Å². The summed E-state index contributed by atoms with van der Waals surface area (Å²) in [6, 6.07) is 4.71. The van der Waals surface area contributed by atoms with Gasteiger partial charge in [-0.05, 0) is 24.6 Å². The van der Waals surface area contributed by atoms with Crippen LogP contribution in [0.25, 0.3) is 0 Å². The van der Waals surface area contributed by atoms with Crippen molar-refractivity contribution in [3.63, 3.8) is 0 Å². The van der Waals surface area contributed by atoms with Crippen LogP contribution >= 0.6 is 23.2 Å². The van der Waals surface area contributed by atoms with Gasteiger partial charge in [0.05, 0.1) is 11.4 Å². The second-order valence-electron chi connectivity index (χ2n) is 4.93. The molecule has 2 nitrogen and oxygen atoms in total. The summed E-state index contributed by atoms with van der Waals surface area (Å²) in [5.41, 5.74) is 0.332. The Balaban J connectivity index is 2.41. The summed E-state index contributed by atoms with van der Waals surface area (Å²) in [4.78, 5) is 23.8. The summed E-state index contributed by atoms with van der Waals surface area (Å²) in [5, 5.41) is 0.792. The maximum Gasteiger partial charge on any atom is 0.171 e. The fourth-order valence-corrected chi connectivity index (χ4v) is 2.39. The molecule has 0 aliphatic rings. The monoisotopic (exact) mass is 314 g/mol. The topological polar surface area (TPSA) is 34.1 Å². The van der Waals surface area contributed by atoms with Gasteiger partial charge in [-0.1, -0.05) is 55.8 Å². The van der Waals surface area contributed by atoms with Gasteiger partial charge in [-0.2, -0.15) is 0 Å². The molecule has 0 aliphatic heterocycles. The zero-order valence-electron chi connectivity index (χ0n) is 11.8. The lowest BCUT2D eigenvalue weighted by atomic mass is 10.0. The van der Waals surface area contributed by atoms with Crippen LogP contribution in [-0.2, 0) is 4.79 Å². The molecule has 20 heavy (non-hydrogen) atoms. The minimum absolute atomic E-state index is 0.0254. The van der Waals surface area contributed by atoms with Gasteiger partial charge in [0.2, 0.25) is 0 Å². The van der Waals surface area contributed by atoms with Gasteiger partial charge in [-0.15, -0.1) is 0 Å². The SMILES string of the molecule is CCCCCCCC(=O)CC(=O)c1cc(Cl)ccc1Cl. The Morgan fingerprint density at radius 3 is 2.45 bits per heavy atom. The number of hydrogen-bond donors (Lipinski definition) is 0. The van der Waals surface area contributed by atoms with Crippen LogP contribution in [0.2, 0.25) is 10.0 Å². The van der Waals surface area contributed by atoms with Gasteiger partial charge >= 0.3 is 0 Å². The highest BCUT2D eigenvalue weighted by Crippen LogP contribution is 2.22. The van der Waals surface area contributed by atoms with E-state index in [4.69, 9.17) is 23.2 Å². The van der Waals surface area contributed by atoms with E-state index in [0.29, 0.717) is 22.0 Å². The van der Waals surface area contributed by atoms with Crippen LogP contribution in [0.3, 0.4) is 0 Å². The quantitative estimate of drug-likeness (QED) is 0.343. The number of carbonyl (C=O) groups is 2. The van der Waals surface area contributed by atoms with Gasteiger partial charge < -0.3 is 0 Å². The first-order chi connectivity index (χ1) is 9.54. The van der Waals surface area contributed by atoms with Crippen molar-refractivity contribution in [2.45, 2.75) is 51.9 Å². The van der Waals surface area contributed by atoms with Crippen molar-refractivity contribution < 1.29 is 9.59 Å². The van der Waals surface area contributed by atoms with E-state index in [1.54, 1.807) is 12.1 Å². The number of benzene rings is 1. The lowest BCUT2D eigenvalue weighted by Crippen LogP contribution is -2.08. The molecule has 0 aromatic heterocycles. The number of rotatable bonds is 9. The number of carbonyl (C=O) groups excluding carboxylic acids is 2. The van der Waals surface area contributed by atoms with Gasteiger partial charge in [0.15, 0.2) is 5.78 Å². The maximum atomic E-state index is 12.0. The van der Waals surface area contributed by atoms with Crippen LogP contribution in [0.15, 0.2) is 18.2 Å². The van der Waals surface area contributed by atoms with Crippen molar-refractivity contribution in [1.82, 2.24) is 0 Å². The Labute approximate surface area is 130 Å². The molecule has 0 radical (unpaired) electrons. The Morgan fingerprint density at radius 2 is 1.75 bits per heavy atom. The summed E-state index contributed by atoms with van der Waals surface area (Å²) >= 11 is 11.8. The first-order valence-electron chi connectivity index (χ1n) is 7.04. The molecule has 0 atom stereocenters. The van der Waals surface area contributed by atoms with E-state index in [0.717, 1.165) is 19.3 Å². The van der Waals surface area contributed by atoms with E-state index >= 15 is 0 Å². The average molecular weight is 315 g/mol. The molecule has 0 spiro atoms. The third-order valence-corrected chi connectivity index (χ3v) is 3.71. The third kappa shape index (κ3) is 6.06. The molecule has 0 saturated carbocycles. The summed E-state index contributed by atoms with van der Waals surface area (Å²) in [6.07, 6.45) is 5.81. The predicted molar refractivity (Wildman–Crippen MR) is 83.8 cm³/mol. The molecule has 0 aliphatic carbocycles. The summed E-state index contributed by atoms with van der Waals surface area (Å²) in [6.45, 7) is 2.15. The first kappa shape index (κ1) is 17.2. The molecule has 0 amide bonds. The van der Waals surface area contributed by atoms with E-state index in [1.165, 1.54) is 18.9 Å². The fraction of sp³-hybridized carbons (Fsp3) is 0.500. The van der Waals surface area contributed by atoms with Crippen molar-refractivity contribution in [3.8, 4) is 0 Å². The Kier molecular flexibility index (Phi) is 7.86. The Hall–Kier alpha value is -0.860. The van der Waals surface area contributed by atoms with Gasteiger partial charge in [0, 0.05) is 17.0 Å². The second kappa shape index (κ2) is 9.15. The highest BCUT2D eigenvalue weighted by Gasteiger charge is 2.15. The Morgan fingerprint density at radius 1 is 1.05 bits per heavy atom. The van der Waals surface area contributed by atoms with Crippen molar-refractivity contribution in [3.05, 3.63) is 33.8 Å². The molecule has 0 unspecified atom stereocenters. The molecule has 0 bridgehead atoms. The number of hydrogen-bond acceptors (Lipinski definition) is 2. The fourth-order valence-electron chi connectivity index (χ4n) is 2.00. The van der Waals surface area contributed by atoms with Crippen molar-refractivity contribution >= 4 is 34.8 Å². The second-order valence-corrected chi connectivity index (χ2v) is 5.77. The van der Waals surface area contributed by atoms with E-state index < -0.39 is 0 Å². The number of halogens is 2. The van der Waals surface area contributed by atoms with Gasteiger partial charge in [-0.25, -0.2) is 0 Å². The van der Waals surface area contributed by atoms with E-state index in [2.05, 4.69) is 6.92 Å². The summed E-state index contributed by atoms with van der Waals surface area (Å²) < 4.78 is 0. The molecule has 4 heteroatoms. The van der Waals surface area contributed by atoms with Crippen molar-refractivity contribution in [2.24, 2.45) is 0 Å². The Bertz CT molecular complexity index is 470. The average Bonchev–Trinajstić information content (AvgIpc) is 2.41. The first-order valence-corrected chi connectivity index (χ1v) is 7.80. The predicted octanol–water partition coefficient (Wildman–Crippen LogP) is 5.50. The highest BCUT2D eigenvalue weighted by molar-refractivity contribution is 6.36. The van der Waals surface area contributed by atoms with Crippen LogP contribution < -0.4 is 0 Å². The van der Waals surface area contributed by atoms with E-state index in [9.17, 15) is 9.59 Å². The highest BCUT2D eigenvalue weighted by atomic mass is 35.5.